The molecule has 0 saturated heterocycles. The van der Waals surface area contributed by atoms with Crippen LogP contribution in [0.2, 0.25) is 0 Å². The molecule has 1 amide bonds. The van der Waals surface area contributed by atoms with E-state index in [9.17, 15) is 4.79 Å². The van der Waals surface area contributed by atoms with Gasteiger partial charge in [-0.1, -0.05) is 50.8 Å². The summed E-state index contributed by atoms with van der Waals surface area (Å²) in [6, 6.07) is 9.58. The fourth-order valence-electron chi connectivity index (χ4n) is 1.76. The number of hydrogen-bond acceptors (Lipinski definition) is 2. The molecule has 1 rings (SSSR count). The van der Waals surface area contributed by atoms with Crippen molar-refractivity contribution in [3.63, 3.8) is 0 Å². The zero-order valence-corrected chi connectivity index (χ0v) is 12.8. The van der Waals surface area contributed by atoms with E-state index in [-0.39, 0.29) is 5.91 Å². The first-order chi connectivity index (χ1) is 9.72. The maximum atomic E-state index is 11.6. The van der Waals surface area contributed by atoms with Crippen LogP contribution >= 0.6 is 12.2 Å². The van der Waals surface area contributed by atoms with Crippen LogP contribution in [0.15, 0.2) is 30.3 Å². The van der Waals surface area contributed by atoms with Crippen LogP contribution in [0.1, 0.15) is 45.4 Å². The molecule has 0 atom stereocenters. The summed E-state index contributed by atoms with van der Waals surface area (Å²) < 4.78 is 0. The van der Waals surface area contributed by atoms with Crippen LogP contribution in [0.5, 0.6) is 0 Å². The average molecular weight is 293 g/mol. The van der Waals surface area contributed by atoms with Gasteiger partial charge in [0.25, 0.3) is 0 Å². The number of carbonyl (C=O) groups is 1. The number of benzene rings is 1. The highest BCUT2D eigenvalue weighted by atomic mass is 32.1. The number of amides is 1. The van der Waals surface area contributed by atoms with Gasteiger partial charge in [-0.2, -0.15) is 0 Å². The lowest BCUT2D eigenvalue weighted by Gasteiger charge is -2.11. The Bertz CT molecular complexity index is 409. The maximum Gasteiger partial charge on any atom is 0.238 e. The highest BCUT2D eigenvalue weighted by Crippen LogP contribution is 2.05. The van der Waals surface area contributed by atoms with Crippen LogP contribution in [0, 0.1) is 0 Å². The van der Waals surface area contributed by atoms with Crippen LogP contribution in [-0.4, -0.2) is 11.0 Å². The second-order valence-corrected chi connectivity index (χ2v) is 5.07. The van der Waals surface area contributed by atoms with Gasteiger partial charge < -0.3 is 5.32 Å². The van der Waals surface area contributed by atoms with E-state index in [0.29, 0.717) is 11.5 Å². The molecule has 0 heterocycles. The van der Waals surface area contributed by atoms with E-state index in [4.69, 9.17) is 12.2 Å². The minimum atomic E-state index is -0.0290. The zero-order chi connectivity index (χ0) is 14.6. The number of para-hydroxylation sites is 1. The van der Waals surface area contributed by atoms with Crippen molar-refractivity contribution in [2.45, 2.75) is 45.4 Å². The summed E-state index contributed by atoms with van der Waals surface area (Å²) in [4.78, 5) is 11.6. The Morgan fingerprint density at radius 3 is 2.45 bits per heavy atom. The fraction of sp³-hybridized carbons (Fsp3) is 0.467. The molecule has 0 bridgehead atoms. The molecule has 110 valence electrons. The smallest absolute Gasteiger partial charge is 0.238 e. The average Bonchev–Trinajstić information content (AvgIpc) is 2.46. The molecule has 1 aromatic carbocycles. The molecule has 5 heteroatoms. The predicted octanol–water partition coefficient (Wildman–Crippen LogP) is 3.36. The molecule has 20 heavy (non-hydrogen) atoms. The van der Waals surface area contributed by atoms with Crippen LogP contribution < -0.4 is 16.2 Å². The molecule has 1 aromatic rings. The van der Waals surface area contributed by atoms with E-state index in [0.717, 1.165) is 18.5 Å². The minimum absolute atomic E-state index is 0.0290. The van der Waals surface area contributed by atoms with E-state index < -0.39 is 0 Å². The topological polar surface area (TPSA) is 53.2 Å². The number of carbonyl (C=O) groups excluding carboxylic acids is 1. The molecule has 0 spiro atoms. The van der Waals surface area contributed by atoms with Crippen LogP contribution in [0.25, 0.3) is 0 Å². The third-order valence-corrected chi connectivity index (χ3v) is 3.06. The number of rotatable bonds is 7. The molecule has 0 unspecified atom stereocenters. The Hall–Kier alpha value is -1.62. The van der Waals surface area contributed by atoms with Gasteiger partial charge >= 0.3 is 0 Å². The van der Waals surface area contributed by atoms with E-state index in [2.05, 4.69) is 23.1 Å². The summed E-state index contributed by atoms with van der Waals surface area (Å²) in [5, 5.41) is 3.37. The standard InChI is InChI=1S/C15H23N3OS/c1-2-3-4-5-9-12-14(19)17-18-15(20)16-13-10-7-6-8-11-13/h6-8,10-11H,2-5,9,12H2,1H3,(H,17,19)(H2,16,18,20). The van der Waals surface area contributed by atoms with Gasteiger partial charge in [0.2, 0.25) is 5.91 Å². The quantitative estimate of drug-likeness (QED) is 0.410. The van der Waals surface area contributed by atoms with Crippen molar-refractivity contribution in [1.82, 2.24) is 10.9 Å². The van der Waals surface area contributed by atoms with Crippen molar-refractivity contribution >= 4 is 28.9 Å². The molecule has 0 aromatic heterocycles. The Kier molecular flexibility index (Phi) is 8.38. The lowest BCUT2D eigenvalue weighted by Crippen LogP contribution is -2.43. The number of nitrogens with one attached hydrogen (secondary N) is 3. The van der Waals surface area contributed by atoms with Crippen LogP contribution in [-0.2, 0) is 4.79 Å². The Balaban J connectivity index is 2.10. The molecular weight excluding hydrogens is 270 g/mol. The number of hydrogen-bond donors (Lipinski definition) is 3. The summed E-state index contributed by atoms with van der Waals surface area (Å²) in [5.41, 5.74) is 6.19. The minimum Gasteiger partial charge on any atom is -0.331 e. The molecule has 4 nitrogen and oxygen atoms in total. The van der Waals surface area contributed by atoms with Gasteiger partial charge in [0.1, 0.15) is 0 Å². The molecule has 0 aliphatic heterocycles. The Morgan fingerprint density at radius 2 is 1.75 bits per heavy atom. The lowest BCUT2D eigenvalue weighted by molar-refractivity contribution is -0.121. The number of unbranched alkanes of at least 4 members (excludes halogenated alkanes) is 4. The largest absolute Gasteiger partial charge is 0.331 e. The van der Waals surface area contributed by atoms with Crippen molar-refractivity contribution in [3.05, 3.63) is 30.3 Å². The SMILES string of the molecule is CCCCCCCC(=O)NNC(=S)Nc1ccccc1. The monoisotopic (exact) mass is 293 g/mol. The van der Waals surface area contributed by atoms with Crippen molar-refractivity contribution in [1.29, 1.82) is 0 Å². The summed E-state index contributed by atoms with van der Waals surface area (Å²) in [7, 11) is 0. The van der Waals surface area contributed by atoms with Gasteiger partial charge in [-0.15, -0.1) is 0 Å². The van der Waals surface area contributed by atoms with E-state index >= 15 is 0 Å². The highest BCUT2D eigenvalue weighted by Gasteiger charge is 2.02. The van der Waals surface area contributed by atoms with Gasteiger partial charge in [0.05, 0.1) is 0 Å². The summed E-state index contributed by atoms with van der Waals surface area (Å²) in [6.45, 7) is 2.18. The summed E-state index contributed by atoms with van der Waals surface area (Å²) in [6.07, 6.45) is 6.22. The van der Waals surface area contributed by atoms with Crippen molar-refractivity contribution < 1.29 is 4.79 Å². The lowest BCUT2D eigenvalue weighted by atomic mass is 10.1. The van der Waals surface area contributed by atoms with Gasteiger partial charge in [0.15, 0.2) is 5.11 Å². The number of thiocarbonyl (C=S) groups is 1. The number of hydrazine groups is 1. The fourth-order valence-corrected chi connectivity index (χ4v) is 1.93. The van der Waals surface area contributed by atoms with Crippen molar-refractivity contribution in [3.8, 4) is 0 Å². The normalized spacial score (nSPS) is 9.85. The highest BCUT2D eigenvalue weighted by molar-refractivity contribution is 7.80. The number of anilines is 1. The first-order valence-electron chi connectivity index (χ1n) is 7.13. The first kappa shape index (κ1) is 16.4. The second-order valence-electron chi connectivity index (χ2n) is 4.66. The van der Waals surface area contributed by atoms with E-state index in [1.165, 1.54) is 19.3 Å². The maximum absolute atomic E-state index is 11.6. The zero-order valence-electron chi connectivity index (χ0n) is 11.9. The van der Waals surface area contributed by atoms with Crippen LogP contribution in [0.3, 0.4) is 0 Å². The third-order valence-electron chi connectivity index (χ3n) is 2.85. The van der Waals surface area contributed by atoms with Gasteiger partial charge in [-0.25, -0.2) is 0 Å². The van der Waals surface area contributed by atoms with E-state index in [1.807, 2.05) is 30.3 Å². The van der Waals surface area contributed by atoms with Gasteiger partial charge in [0, 0.05) is 12.1 Å². The molecule has 0 aliphatic rings. The molecule has 3 N–H and O–H groups in total. The molecule has 0 saturated carbocycles. The van der Waals surface area contributed by atoms with E-state index in [1.54, 1.807) is 0 Å². The Morgan fingerprint density at radius 1 is 1.05 bits per heavy atom. The first-order valence-corrected chi connectivity index (χ1v) is 7.54. The second kappa shape index (κ2) is 10.2. The summed E-state index contributed by atoms with van der Waals surface area (Å²) in [5.74, 6) is -0.0290. The molecule has 0 fully saturated rings. The van der Waals surface area contributed by atoms with Crippen LogP contribution in [0.4, 0.5) is 5.69 Å². The van der Waals surface area contributed by atoms with Crippen molar-refractivity contribution in [2.75, 3.05) is 5.32 Å². The van der Waals surface area contributed by atoms with Gasteiger partial charge in [-0.3, -0.25) is 15.6 Å². The van der Waals surface area contributed by atoms with Gasteiger partial charge in [-0.05, 0) is 30.8 Å². The Labute approximate surface area is 126 Å². The molecular formula is C15H23N3OS. The molecule has 0 radical (unpaired) electrons. The molecule has 0 aliphatic carbocycles. The third kappa shape index (κ3) is 7.74. The predicted molar refractivity (Wildman–Crippen MR) is 87.3 cm³/mol. The van der Waals surface area contributed by atoms with Crippen molar-refractivity contribution in [2.24, 2.45) is 0 Å². The summed E-state index contributed by atoms with van der Waals surface area (Å²) >= 11 is 5.09.